The van der Waals surface area contributed by atoms with Crippen molar-refractivity contribution in [3.8, 4) is 0 Å². The van der Waals surface area contributed by atoms with Crippen molar-refractivity contribution < 1.29 is 4.79 Å². The van der Waals surface area contributed by atoms with Crippen molar-refractivity contribution in [2.24, 2.45) is 0 Å². The molecule has 2 N–H and O–H groups in total. The van der Waals surface area contributed by atoms with Crippen LogP contribution in [0, 0.1) is 0 Å². The van der Waals surface area contributed by atoms with Crippen LogP contribution in [0.1, 0.15) is 16.9 Å². The van der Waals surface area contributed by atoms with Gasteiger partial charge in [0.1, 0.15) is 0 Å². The van der Waals surface area contributed by atoms with Crippen LogP contribution in [-0.2, 0) is 0 Å². The Kier molecular flexibility index (Phi) is 2.69. The lowest BCUT2D eigenvalue weighted by molar-refractivity contribution is 0.0934. The second kappa shape index (κ2) is 4.15. The average molecular weight is 192 g/mol. The largest absolute Gasteiger partial charge is 0.347 e. The number of aromatic nitrogens is 2. The van der Waals surface area contributed by atoms with Gasteiger partial charge in [0.2, 0.25) is 0 Å². The maximum Gasteiger partial charge on any atom is 0.272 e. The van der Waals surface area contributed by atoms with Crippen LogP contribution in [0.15, 0.2) is 18.3 Å². The molecule has 5 heteroatoms. The molecule has 1 aliphatic heterocycles. The van der Waals surface area contributed by atoms with E-state index in [9.17, 15) is 4.79 Å². The summed E-state index contributed by atoms with van der Waals surface area (Å²) in [5.74, 6) is -0.146. The highest BCUT2D eigenvalue weighted by molar-refractivity contribution is 5.92. The molecule has 1 aliphatic rings. The van der Waals surface area contributed by atoms with E-state index in [-0.39, 0.29) is 11.9 Å². The molecule has 1 saturated heterocycles. The molecule has 1 aromatic rings. The monoisotopic (exact) mass is 192 g/mol. The van der Waals surface area contributed by atoms with E-state index in [1.165, 1.54) is 0 Å². The van der Waals surface area contributed by atoms with E-state index in [4.69, 9.17) is 0 Å². The summed E-state index contributed by atoms with van der Waals surface area (Å²) in [5, 5.41) is 13.5. The van der Waals surface area contributed by atoms with Crippen molar-refractivity contribution in [1.82, 2.24) is 20.8 Å². The Morgan fingerprint density at radius 3 is 3.21 bits per heavy atom. The third-order valence-corrected chi connectivity index (χ3v) is 2.20. The molecule has 2 heterocycles. The zero-order valence-electron chi connectivity index (χ0n) is 7.73. The van der Waals surface area contributed by atoms with Gasteiger partial charge in [-0.1, -0.05) is 0 Å². The summed E-state index contributed by atoms with van der Waals surface area (Å²) in [5.41, 5.74) is 0.374. The number of hydrogen-bond acceptors (Lipinski definition) is 4. The molecule has 1 fully saturated rings. The molecule has 1 unspecified atom stereocenters. The molecule has 0 radical (unpaired) electrons. The third kappa shape index (κ3) is 2.05. The molecule has 0 spiro atoms. The number of carbonyl (C=O) groups is 1. The van der Waals surface area contributed by atoms with Gasteiger partial charge >= 0.3 is 0 Å². The van der Waals surface area contributed by atoms with Gasteiger partial charge in [-0.15, -0.1) is 5.10 Å². The maximum absolute atomic E-state index is 11.6. The van der Waals surface area contributed by atoms with Gasteiger partial charge in [0.05, 0.1) is 0 Å². The summed E-state index contributed by atoms with van der Waals surface area (Å²) in [6.45, 7) is 1.80. The first-order chi connectivity index (χ1) is 6.86. The Labute approximate surface area is 81.9 Å². The number of nitrogens with zero attached hydrogens (tertiary/aromatic N) is 2. The standard InChI is InChI=1S/C9H12N4O/c14-9(8-2-1-4-11-13-8)12-7-3-5-10-6-7/h1-2,4,7,10H,3,5-6H2,(H,12,14). The van der Waals surface area contributed by atoms with Gasteiger partial charge in [0.25, 0.3) is 5.91 Å². The number of rotatable bonds is 2. The number of amides is 1. The van der Waals surface area contributed by atoms with E-state index < -0.39 is 0 Å². The molecule has 1 aromatic heterocycles. The first-order valence-corrected chi connectivity index (χ1v) is 4.65. The quantitative estimate of drug-likeness (QED) is 0.667. The van der Waals surface area contributed by atoms with Crippen molar-refractivity contribution in [2.45, 2.75) is 12.5 Å². The molecule has 0 aliphatic carbocycles. The van der Waals surface area contributed by atoms with Crippen LogP contribution in [0.2, 0.25) is 0 Å². The van der Waals surface area contributed by atoms with Crippen molar-refractivity contribution in [2.75, 3.05) is 13.1 Å². The van der Waals surface area contributed by atoms with Gasteiger partial charge in [-0.3, -0.25) is 4.79 Å². The van der Waals surface area contributed by atoms with Crippen LogP contribution in [0.5, 0.6) is 0 Å². The number of carbonyl (C=O) groups excluding carboxylic acids is 1. The zero-order valence-corrected chi connectivity index (χ0v) is 7.73. The molecule has 14 heavy (non-hydrogen) atoms. The molecule has 2 rings (SSSR count). The minimum atomic E-state index is -0.146. The molecular formula is C9H12N4O. The van der Waals surface area contributed by atoms with Crippen molar-refractivity contribution >= 4 is 5.91 Å². The maximum atomic E-state index is 11.6. The van der Waals surface area contributed by atoms with Gasteiger partial charge in [0.15, 0.2) is 5.69 Å². The molecule has 5 nitrogen and oxygen atoms in total. The fourth-order valence-electron chi connectivity index (χ4n) is 1.46. The first kappa shape index (κ1) is 9.08. The third-order valence-electron chi connectivity index (χ3n) is 2.20. The van der Waals surface area contributed by atoms with Crippen molar-refractivity contribution in [3.63, 3.8) is 0 Å². The Bertz CT molecular complexity index is 308. The highest BCUT2D eigenvalue weighted by Crippen LogP contribution is 1.99. The minimum absolute atomic E-state index is 0.146. The van der Waals surface area contributed by atoms with E-state index in [1.807, 2.05) is 0 Å². The summed E-state index contributed by atoms with van der Waals surface area (Å²) < 4.78 is 0. The molecule has 0 saturated carbocycles. The molecular weight excluding hydrogens is 180 g/mol. The average Bonchev–Trinajstić information content (AvgIpc) is 2.72. The fraction of sp³-hybridized carbons (Fsp3) is 0.444. The van der Waals surface area contributed by atoms with E-state index in [1.54, 1.807) is 18.3 Å². The second-order valence-corrected chi connectivity index (χ2v) is 3.27. The van der Waals surface area contributed by atoms with E-state index >= 15 is 0 Å². The first-order valence-electron chi connectivity index (χ1n) is 4.65. The fourth-order valence-corrected chi connectivity index (χ4v) is 1.46. The lowest BCUT2D eigenvalue weighted by Gasteiger charge is -2.09. The van der Waals surface area contributed by atoms with Crippen molar-refractivity contribution in [3.05, 3.63) is 24.0 Å². The predicted molar refractivity (Wildman–Crippen MR) is 50.8 cm³/mol. The van der Waals surface area contributed by atoms with E-state index in [0.29, 0.717) is 5.69 Å². The highest BCUT2D eigenvalue weighted by Gasteiger charge is 2.17. The van der Waals surface area contributed by atoms with Gasteiger partial charge in [-0.2, -0.15) is 5.10 Å². The van der Waals surface area contributed by atoms with E-state index in [2.05, 4.69) is 20.8 Å². The Morgan fingerprint density at radius 2 is 2.57 bits per heavy atom. The van der Waals surface area contributed by atoms with Crippen LogP contribution in [0.3, 0.4) is 0 Å². The van der Waals surface area contributed by atoms with Gasteiger partial charge < -0.3 is 10.6 Å². The predicted octanol–water partition coefficient (Wildman–Crippen LogP) is -0.432. The van der Waals surface area contributed by atoms with Gasteiger partial charge in [0, 0.05) is 18.8 Å². The molecule has 0 bridgehead atoms. The SMILES string of the molecule is O=C(NC1CCNC1)c1cccnn1. The van der Waals surface area contributed by atoms with Crippen LogP contribution >= 0.6 is 0 Å². The lowest BCUT2D eigenvalue weighted by Crippen LogP contribution is -2.36. The smallest absolute Gasteiger partial charge is 0.272 e. The lowest BCUT2D eigenvalue weighted by atomic mass is 10.2. The Balaban J connectivity index is 1.95. The Hall–Kier alpha value is -1.49. The van der Waals surface area contributed by atoms with Crippen LogP contribution in [0.4, 0.5) is 0 Å². The zero-order chi connectivity index (χ0) is 9.80. The van der Waals surface area contributed by atoms with Gasteiger partial charge in [-0.25, -0.2) is 0 Å². The van der Waals surface area contributed by atoms with Crippen molar-refractivity contribution in [1.29, 1.82) is 0 Å². The normalized spacial score (nSPS) is 20.7. The summed E-state index contributed by atoms with van der Waals surface area (Å²) in [6, 6.07) is 3.59. The molecule has 74 valence electrons. The van der Waals surface area contributed by atoms with Crippen LogP contribution in [0.25, 0.3) is 0 Å². The summed E-state index contributed by atoms with van der Waals surface area (Å²) in [6.07, 6.45) is 2.53. The summed E-state index contributed by atoms with van der Waals surface area (Å²) in [4.78, 5) is 11.6. The Morgan fingerprint density at radius 1 is 1.64 bits per heavy atom. The minimum Gasteiger partial charge on any atom is -0.347 e. The number of hydrogen-bond donors (Lipinski definition) is 2. The second-order valence-electron chi connectivity index (χ2n) is 3.27. The molecule has 1 amide bonds. The summed E-state index contributed by atoms with van der Waals surface area (Å²) in [7, 11) is 0. The van der Waals surface area contributed by atoms with Crippen LogP contribution in [-0.4, -0.2) is 35.2 Å². The van der Waals surface area contributed by atoms with Gasteiger partial charge in [-0.05, 0) is 25.1 Å². The molecule has 0 aromatic carbocycles. The topological polar surface area (TPSA) is 66.9 Å². The molecule has 1 atom stereocenters. The van der Waals surface area contributed by atoms with Crippen LogP contribution < -0.4 is 10.6 Å². The summed E-state index contributed by atoms with van der Waals surface area (Å²) >= 11 is 0. The highest BCUT2D eigenvalue weighted by atomic mass is 16.2. The number of nitrogens with one attached hydrogen (secondary N) is 2. The van der Waals surface area contributed by atoms with E-state index in [0.717, 1.165) is 19.5 Å².